The number of ether oxygens (including phenoxy) is 2. The molecule has 0 aliphatic rings. The summed E-state index contributed by atoms with van der Waals surface area (Å²) in [6, 6.07) is 15.3. The predicted octanol–water partition coefficient (Wildman–Crippen LogP) is 5.75. The predicted molar refractivity (Wildman–Crippen MR) is 116 cm³/mol. The van der Waals surface area contributed by atoms with Gasteiger partial charge < -0.3 is 14.4 Å². The molecule has 0 aliphatic heterocycles. The highest BCUT2D eigenvalue weighted by Gasteiger charge is 2.16. The molecule has 2 aromatic carbocycles. The van der Waals surface area contributed by atoms with Crippen molar-refractivity contribution >= 4 is 55.8 Å². The second-order valence-corrected chi connectivity index (χ2v) is 7.48. The molecule has 1 aromatic heterocycles. The zero-order valence-corrected chi connectivity index (χ0v) is 18.1. The van der Waals surface area contributed by atoms with E-state index in [1.54, 1.807) is 26.0 Å². The number of fused-ring (bicyclic) bond motifs is 1. The van der Waals surface area contributed by atoms with Gasteiger partial charge in [0, 0.05) is 22.6 Å². The van der Waals surface area contributed by atoms with Gasteiger partial charge in [-0.15, -0.1) is 0 Å². The number of benzene rings is 2. The molecule has 7 heteroatoms. The first-order valence-corrected chi connectivity index (χ1v) is 9.99. The van der Waals surface area contributed by atoms with E-state index in [1.807, 2.05) is 48.3 Å². The molecule has 1 unspecified atom stereocenters. The van der Waals surface area contributed by atoms with Gasteiger partial charge >= 0.3 is 5.97 Å². The van der Waals surface area contributed by atoms with Crippen molar-refractivity contribution in [3.63, 3.8) is 0 Å². The monoisotopic (exact) mass is 462 g/mol. The van der Waals surface area contributed by atoms with Crippen molar-refractivity contribution in [1.29, 1.82) is 0 Å². The highest BCUT2D eigenvalue weighted by atomic mass is 79.9. The summed E-state index contributed by atoms with van der Waals surface area (Å²) < 4.78 is 11.5. The van der Waals surface area contributed by atoms with E-state index in [9.17, 15) is 4.79 Å². The Morgan fingerprint density at radius 2 is 1.93 bits per heavy atom. The summed E-state index contributed by atoms with van der Waals surface area (Å²) >= 11 is 9.84. The van der Waals surface area contributed by atoms with Crippen LogP contribution in [-0.4, -0.2) is 30.7 Å². The molecule has 1 atom stereocenters. The lowest BCUT2D eigenvalue weighted by Crippen LogP contribution is -2.26. The van der Waals surface area contributed by atoms with E-state index >= 15 is 0 Å². The van der Waals surface area contributed by atoms with E-state index in [2.05, 4.69) is 20.9 Å². The Morgan fingerprint density at radius 1 is 1.21 bits per heavy atom. The summed E-state index contributed by atoms with van der Waals surface area (Å²) in [5.74, 6) is 0.936. The number of hydrogen-bond acceptors (Lipinski definition) is 5. The van der Waals surface area contributed by atoms with Crippen LogP contribution in [0.3, 0.4) is 0 Å². The molecule has 0 fully saturated rings. The Morgan fingerprint density at radius 3 is 2.61 bits per heavy atom. The van der Waals surface area contributed by atoms with Crippen LogP contribution in [0.5, 0.6) is 5.75 Å². The molecule has 28 heavy (non-hydrogen) atoms. The van der Waals surface area contributed by atoms with Crippen molar-refractivity contribution in [2.75, 3.05) is 18.6 Å². The third-order valence-electron chi connectivity index (χ3n) is 4.23. The zero-order valence-electron chi connectivity index (χ0n) is 15.8. The van der Waals surface area contributed by atoms with Gasteiger partial charge in [0.25, 0.3) is 0 Å². The highest BCUT2D eigenvalue weighted by Crippen LogP contribution is 2.31. The number of rotatable bonds is 6. The third-order valence-corrected chi connectivity index (χ3v) is 5.02. The third kappa shape index (κ3) is 4.56. The van der Waals surface area contributed by atoms with E-state index < -0.39 is 6.10 Å². The molecule has 146 valence electrons. The maximum atomic E-state index is 11.7. The molecule has 0 saturated carbocycles. The Kier molecular flexibility index (Phi) is 6.42. The van der Waals surface area contributed by atoms with Gasteiger partial charge in [0.05, 0.1) is 6.61 Å². The molecular formula is C21H20BrClN2O3. The van der Waals surface area contributed by atoms with E-state index in [-0.39, 0.29) is 5.97 Å². The summed E-state index contributed by atoms with van der Waals surface area (Å²) in [4.78, 5) is 18.1. The summed E-state index contributed by atoms with van der Waals surface area (Å²) in [5, 5.41) is 2.35. The lowest BCUT2D eigenvalue weighted by Gasteiger charge is -2.20. The van der Waals surface area contributed by atoms with Crippen molar-refractivity contribution in [2.45, 2.75) is 20.0 Å². The van der Waals surface area contributed by atoms with Crippen LogP contribution in [-0.2, 0) is 9.53 Å². The number of anilines is 2. The minimum Gasteiger partial charge on any atom is -0.479 e. The number of carbonyl (C=O) groups is 1. The van der Waals surface area contributed by atoms with Gasteiger partial charge in [0.15, 0.2) is 6.10 Å². The van der Waals surface area contributed by atoms with E-state index in [0.29, 0.717) is 17.5 Å². The Labute approximate surface area is 177 Å². The molecule has 0 saturated heterocycles. The van der Waals surface area contributed by atoms with Crippen molar-refractivity contribution in [1.82, 2.24) is 4.98 Å². The molecule has 0 bridgehead atoms. The number of carbonyl (C=O) groups excluding carboxylic acids is 1. The van der Waals surface area contributed by atoms with E-state index in [0.717, 1.165) is 26.8 Å². The van der Waals surface area contributed by atoms with Crippen LogP contribution >= 0.6 is 27.5 Å². The smallest absolute Gasteiger partial charge is 0.347 e. The fourth-order valence-corrected chi connectivity index (χ4v) is 3.34. The van der Waals surface area contributed by atoms with Gasteiger partial charge in [-0.25, -0.2) is 9.78 Å². The second kappa shape index (κ2) is 8.80. The van der Waals surface area contributed by atoms with Crippen LogP contribution in [0, 0.1) is 0 Å². The van der Waals surface area contributed by atoms with Crippen molar-refractivity contribution < 1.29 is 14.3 Å². The normalized spacial score (nSPS) is 11.9. The molecule has 0 radical (unpaired) electrons. The van der Waals surface area contributed by atoms with Crippen LogP contribution < -0.4 is 9.64 Å². The maximum absolute atomic E-state index is 11.7. The second-order valence-electron chi connectivity index (χ2n) is 6.20. The van der Waals surface area contributed by atoms with Crippen molar-refractivity contribution in [2.24, 2.45) is 0 Å². The fourth-order valence-electron chi connectivity index (χ4n) is 2.73. The standard InChI is InChI=1S/C21H20BrClN2O3/c1-4-27-21(26)13(2)28-17-9-7-16(8-10-17)25(3)19-11-14-5-6-15(22)12-18(14)20(23)24-19/h5-13H,4H2,1-3H3. The number of pyridine rings is 1. The highest BCUT2D eigenvalue weighted by molar-refractivity contribution is 9.10. The molecule has 0 aliphatic carbocycles. The van der Waals surface area contributed by atoms with Crippen molar-refractivity contribution in [3.8, 4) is 5.75 Å². The number of nitrogens with zero attached hydrogens (tertiary/aromatic N) is 2. The van der Waals surface area contributed by atoms with Gasteiger partial charge in [-0.05, 0) is 61.7 Å². The SMILES string of the molecule is CCOC(=O)C(C)Oc1ccc(N(C)c2cc3ccc(Br)cc3c(Cl)n2)cc1. The van der Waals surface area contributed by atoms with Gasteiger partial charge in [-0.3, -0.25) is 0 Å². The number of esters is 1. The Balaban J connectivity index is 1.79. The van der Waals surface area contributed by atoms with Gasteiger partial charge in [0.2, 0.25) is 0 Å². The molecule has 5 nitrogen and oxygen atoms in total. The molecule has 0 amide bonds. The van der Waals surface area contributed by atoms with Crippen LogP contribution in [0.2, 0.25) is 5.15 Å². The molecule has 1 heterocycles. The first kappa shape index (κ1) is 20.4. The minimum atomic E-state index is -0.663. The van der Waals surface area contributed by atoms with Gasteiger partial charge in [-0.1, -0.05) is 33.6 Å². The van der Waals surface area contributed by atoms with Crippen LogP contribution in [0.25, 0.3) is 10.8 Å². The molecule has 0 spiro atoms. The van der Waals surface area contributed by atoms with Gasteiger partial charge in [0.1, 0.15) is 16.7 Å². The van der Waals surface area contributed by atoms with Gasteiger partial charge in [-0.2, -0.15) is 0 Å². The molecule has 3 rings (SSSR count). The number of aromatic nitrogens is 1. The molecule has 3 aromatic rings. The lowest BCUT2D eigenvalue weighted by molar-refractivity contribution is -0.150. The average Bonchev–Trinajstić information content (AvgIpc) is 2.68. The maximum Gasteiger partial charge on any atom is 0.347 e. The lowest BCUT2D eigenvalue weighted by atomic mass is 10.1. The molecule has 0 N–H and O–H groups in total. The first-order chi connectivity index (χ1) is 13.4. The summed E-state index contributed by atoms with van der Waals surface area (Å²) in [6.45, 7) is 3.76. The van der Waals surface area contributed by atoms with E-state index in [4.69, 9.17) is 21.1 Å². The van der Waals surface area contributed by atoms with Crippen LogP contribution in [0.15, 0.2) is 53.0 Å². The van der Waals surface area contributed by atoms with Crippen LogP contribution in [0.4, 0.5) is 11.5 Å². The Bertz CT molecular complexity index is 995. The number of hydrogen-bond donors (Lipinski definition) is 0. The summed E-state index contributed by atoms with van der Waals surface area (Å²) in [5.41, 5.74) is 0.913. The van der Waals surface area contributed by atoms with Crippen molar-refractivity contribution in [3.05, 3.63) is 58.2 Å². The van der Waals surface area contributed by atoms with Crippen LogP contribution in [0.1, 0.15) is 13.8 Å². The fraction of sp³-hybridized carbons (Fsp3) is 0.238. The quantitative estimate of drug-likeness (QED) is 0.344. The average molecular weight is 464 g/mol. The molecular weight excluding hydrogens is 444 g/mol. The summed E-state index contributed by atoms with van der Waals surface area (Å²) in [7, 11) is 1.92. The summed E-state index contributed by atoms with van der Waals surface area (Å²) in [6.07, 6.45) is -0.663. The zero-order chi connectivity index (χ0) is 20.3. The first-order valence-electron chi connectivity index (χ1n) is 8.82. The topological polar surface area (TPSA) is 51.7 Å². The Hall–Kier alpha value is -2.31. The van der Waals surface area contributed by atoms with E-state index in [1.165, 1.54) is 0 Å². The number of halogens is 2. The largest absolute Gasteiger partial charge is 0.479 e. The minimum absolute atomic E-state index is 0.328.